The van der Waals surface area contributed by atoms with Gasteiger partial charge < -0.3 is 9.64 Å². The molecule has 22 heavy (non-hydrogen) atoms. The Morgan fingerprint density at radius 2 is 1.82 bits per heavy atom. The maximum Gasteiger partial charge on any atom is 0.261 e. The minimum absolute atomic E-state index is 0.0105. The molecule has 2 aliphatic heterocycles. The average molecular weight is 302 g/mol. The van der Waals surface area contributed by atoms with Gasteiger partial charge in [0.1, 0.15) is 6.73 Å². The largest absolute Gasteiger partial charge is 0.361 e. The predicted molar refractivity (Wildman–Crippen MR) is 78.2 cm³/mol. The number of amides is 3. The van der Waals surface area contributed by atoms with Gasteiger partial charge in [-0.1, -0.05) is 12.1 Å². The Kier molecular flexibility index (Phi) is 4.20. The highest BCUT2D eigenvalue weighted by Gasteiger charge is 2.34. The molecule has 0 N–H and O–H groups in total. The molecule has 3 rings (SSSR count). The highest BCUT2D eigenvalue weighted by Crippen LogP contribution is 2.22. The van der Waals surface area contributed by atoms with Crippen LogP contribution in [0.3, 0.4) is 0 Å². The maximum atomic E-state index is 12.2. The van der Waals surface area contributed by atoms with Crippen molar-refractivity contribution in [2.24, 2.45) is 0 Å². The summed E-state index contributed by atoms with van der Waals surface area (Å²) in [6.45, 7) is 2.02. The molecule has 0 saturated carbocycles. The van der Waals surface area contributed by atoms with E-state index in [2.05, 4.69) is 0 Å². The lowest BCUT2D eigenvalue weighted by Gasteiger charge is -2.27. The van der Waals surface area contributed by atoms with E-state index in [0.717, 1.165) is 6.42 Å². The summed E-state index contributed by atoms with van der Waals surface area (Å²) in [6.07, 6.45) is 1.64. The van der Waals surface area contributed by atoms with Crippen LogP contribution < -0.4 is 0 Å². The van der Waals surface area contributed by atoms with Crippen LogP contribution in [-0.2, 0) is 9.53 Å². The van der Waals surface area contributed by atoms with Crippen molar-refractivity contribution in [3.05, 3.63) is 35.4 Å². The molecule has 3 amide bonds. The normalized spacial score (nSPS) is 17.8. The van der Waals surface area contributed by atoms with Gasteiger partial charge in [0.25, 0.3) is 11.8 Å². The van der Waals surface area contributed by atoms with E-state index in [0.29, 0.717) is 43.9 Å². The first-order valence-corrected chi connectivity index (χ1v) is 7.49. The summed E-state index contributed by atoms with van der Waals surface area (Å²) in [6, 6.07) is 6.80. The van der Waals surface area contributed by atoms with Crippen LogP contribution in [-0.4, -0.2) is 53.9 Å². The fraction of sp³-hybridized carbons (Fsp3) is 0.438. The fourth-order valence-corrected chi connectivity index (χ4v) is 2.78. The lowest BCUT2D eigenvalue weighted by atomic mass is 10.1. The highest BCUT2D eigenvalue weighted by atomic mass is 16.5. The number of hydrogen-bond acceptors (Lipinski definition) is 4. The van der Waals surface area contributed by atoms with E-state index in [1.54, 1.807) is 29.2 Å². The van der Waals surface area contributed by atoms with Crippen molar-refractivity contribution >= 4 is 17.7 Å². The summed E-state index contributed by atoms with van der Waals surface area (Å²) >= 11 is 0. The molecular formula is C16H18N2O4. The van der Waals surface area contributed by atoms with Gasteiger partial charge >= 0.3 is 0 Å². The van der Waals surface area contributed by atoms with Crippen LogP contribution in [0.2, 0.25) is 0 Å². The monoisotopic (exact) mass is 302 g/mol. The van der Waals surface area contributed by atoms with E-state index in [9.17, 15) is 14.4 Å². The van der Waals surface area contributed by atoms with E-state index in [1.807, 2.05) is 0 Å². The molecule has 1 saturated heterocycles. The maximum absolute atomic E-state index is 12.2. The molecule has 2 aliphatic rings. The number of fused-ring (bicyclic) bond motifs is 1. The molecule has 0 aromatic heterocycles. The van der Waals surface area contributed by atoms with Crippen molar-refractivity contribution in [2.75, 3.05) is 26.4 Å². The van der Waals surface area contributed by atoms with Crippen LogP contribution in [0.25, 0.3) is 0 Å². The lowest BCUT2D eigenvalue weighted by Crippen LogP contribution is -2.38. The van der Waals surface area contributed by atoms with Crippen LogP contribution >= 0.6 is 0 Å². The Hall–Kier alpha value is -2.21. The summed E-state index contributed by atoms with van der Waals surface area (Å²) in [5.74, 6) is -0.528. The molecule has 0 bridgehead atoms. The number of carbonyl (C=O) groups is 3. The van der Waals surface area contributed by atoms with Crippen molar-refractivity contribution in [1.29, 1.82) is 0 Å². The molecule has 1 aromatic carbocycles. The number of ether oxygens (including phenoxy) is 1. The van der Waals surface area contributed by atoms with Crippen LogP contribution in [0.4, 0.5) is 0 Å². The second-order valence-electron chi connectivity index (χ2n) is 5.46. The molecule has 0 spiro atoms. The van der Waals surface area contributed by atoms with Gasteiger partial charge in [-0.3, -0.25) is 19.3 Å². The zero-order chi connectivity index (χ0) is 15.5. The Morgan fingerprint density at radius 1 is 1.14 bits per heavy atom. The predicted octanol–water partition coefficient (Wildman–Crippen LogP) is 1.27. The Bertz CT molecular complexity index is 573. The van der Waals surface area contributed by atoms with Crippen LogP contribution in [0.5, 0.6) is 0 Å². The van der Waals surface area contributed by atoms with Gasteiger partial charge in [-0.2, -0.15) is 0 Å². The summed E-state index contributed by atoms with van der Waals surface area (Å²) < 4.78 is 5.25. The minimum Gasteiger partial charge on any atom is -0.361 e. The van der Waals surface area contributed by atoms with Crippen LogP contribution in [0, 0.1) is 0 Å². The van der Waals surface area contributed by atoms with Crippen molar-refractivity contribution < 1.29 is 19.1 Å². The van der Waals surface area contributed by atoms with Crippen LogP contribution in [0.1, 0.15) is 40.0 Å². The summed E-state index contributed by atoms with van der Waals surface area (Å²) in [5, 5.41) is 0. The van der Waals surface area contributed by atoms with Gasteiger partial charge in [-0.15, -0.1) is 0 Å². The van der Waals surface area contributed by atoms with E-state index >= 15 is 0 Å². The molecule has 0 unspecified atom stereocenters. The molecule has 0 atom stereocenters. The van der Waals surface area contributed by atoms with Crippen molar-refractivity contribution in [1.82, 2.24) is 9.80 Å². The molecule has 6 nitrogen and oxygen atoms in total. The first-order chi connectivity index (χ1) is 10.7. The van der Waals surface area contributed by atoms with Gasteiger partial charge in [0.2, 0.25) is 5.91 Å². The van der Waals surface area contributed by atoms with Crippen molar-refractivity contribution in [3.8, 4) is 0 Å². The molecule has 0 radical (unpaired) electrons. The van der Waals surface area contributed by atoms with Gasteiger partial charge in [-0.05, 0) is 25.0 Å². The quantitative estimate of drug-likeness (QED) is 0.786. The van der Waals surface area contributed by atoms with Gasteiger partial charge in [0.15, 0.2) is 0 Å². The second-order valence-corrected chi connectivity index (χ2v) is 5.46. The highest BCUT2D eigenvalue weighted by molar-refractivity contribution is 6.21. The third-order valence-corrected chi connectivity index (χ3v) is 3.97. The Morgan fingerprint density at radius 3 is 2.41 bits per heavy atom. The molecule has 1 fully saturated rings. The van der Waals surface area contributed by atoms with Crippen molar-refractivity contribution in [3.63, 3.8) is 0 Å². The second kappa shape index (κ2) is 6.27. The summed E-state index contributed by atoms with van der Waals surface area (Å²) in [4.78, 5) is 39.3. The summed E-state index contributed by atoms with van der Waals surface area (Å²) in [5.41, 5.74) is 0.895. The molecule has 1 aromatic rings. The number of nitrogens with zero attached hydrogens (tertiary/aromatic N) is 2. The van der Waals surface area contributed by atoms with Gasteiger partial charge in [0, 0.05) is 19.5 Å². The first kappa shape index (κ1) is 14.7. The van der Waals surface area contributed by atoms with Gasteiger partial charge in [0.05, 0.1) is 17.7 Å². The first-order valence-electron chi connectivity index (χ1n) is 7.49. The topological polar surface area (TPSA) is 66.9 Å². The SMILES string of the molecule is O=C(CCCN1C(=O)c2ccccc2C1=O)N1CCCOC1. The third kappa shape index (κ3) is 2.74. The number of carbonyl (C=O) groups excluding carboxylic acids is 3. The molecular weight excluding hydrogens is 284 g/mol. The van der Waals surface area contributed by atoms with E-state index in [1.165, 1.54) is 4.90 Å². The third-order valence-electron chi connectivity index (χ3n) is 3.97. The average Bonchev–Trinajstić information content (AvgIpc) is 2.81. The Balaban J connectivity index is 1.53. The van der Waals surface area contributed by atoms with Gasteiger partial charge in [-0.25, -0.2) is 0 Å². The zero-order valence-electron chi connectivity index (χ0n) is 12.3. The van der Waals surface area contributed by atoms with E-state index in [-0.39, 0.29) is 24.3 Å². The standard InChI is InChI=1S/C16H18N2O4/c19-14(17-8-4-10-22-11-17)7-3-9-18-15(20)12-5-1-2-6-13(12)16(18)21/h1-2,5-6H,3-4,7-11H2. The number of rotatable bonds is 4. The number of benzene rings is 1. The summed E-state index contributed by atoms with van der Waals surface area (Å²) in [7, 11) is 0. The molecule has 0 aliphatic carbocycles. The Labute approximate surface area is 128 Å². The molecule has 2 heterocycles. The molecule has 116 valence electrons. The fourth-order valence-electron chi connectivity index (χ4n) is 2.78. The zero-order valence-corrected chi connectivity index (χ0v) is 12.3. The molecule has 6 heteroatoms. The van der Waals surface area contributed by atoms with Crippen molar-refractivity contribution in [2.45, 2.75) is 19.3 Å². The van der Waals surface area contributed by atoms with E-state index < -0.39 is 0 Å². The smallest absolute Gasteiger partial charge is 0.261 e. The lowest BCUT2D eigenvalue weighted by molar-refractivity contribution is -0.140. The number of hydrogen-bond donors (Lipinski definition) is 0. The van der Waals surface area contributed by atoms with E-state index in [4.69, 9.17) is 4.74 Å². The van der Waals surface area contributed by atoms with Crippen LogP contribution in [0.15, 0.2) is 24.3 Å². The number of imide groups is 1. The minimum atomic E-state index is -0.269.